The Balaban J connectivity index is 1.29. The number of hydrogen-bond acceptors (Lipinski definition) is 4. The average molecular weight is 459 g/mol. The van der Waals surface area contributed by atoms with E-state index in [0.29, 0.717) is 30.8 Å². The predicted molar refractivity (Wildman–Crippen MR) is 132 cm³/mol. The highest BCUT2D eigenvalue weighted by Gasteiger charge is 2.09. The lowest BCUT2D eigenvalue weighted by molar-refractivity contribution is -0.143. The van der Waals surface area contributed by atoms with Gasteiger partial charge in [-0.15, -0.1) is 0 Å². The van der Waals surface area contributed by atoms with E-state index in [1.807, 2.05) is 48.5 Å². The Kier molecular flexibility index (Phi) is 9.87. The minimum absolute atomic E-state index is 0.177. The zero-order valence-electron chi connectivity index (χ0n) is 19.2. The largest absolute Gasteiger partial charge is 0.466 e. The molecule has 2 N–H and O–H groups in total. The van der Waals surface area contributed by atoms with Crippen molar-refractivity contribution in [2.75, 3.05) is 11.9 Å². The number of benzene rings is 3. The molecule has 0 atom stereocenters. The molecule has 0 unspecified atom stereocenters. The standard InChI is InChI=1S/C28H30N2O4/c31-26(14-7-15-27(32)34-20-8-13-22-9-3-1-4-10-22)30-25-18-16-24(17-19-25)28(33)29-21-23-11-5-2-6-12-23/h1-6,9-12,16-19H,7-8,13-15,20-21H2,(H,29,33)(H,30,31). The van der Waals surface area contributed by atoms with Gasteiger partial charge in [0.15, 0.2) is 0 Å². The fourth-order valence-electron chi connectivity index (χ4n) is 3.38. The van der Waals surface area contributed by atoms with Gasteiger partial charge in [0, 0.05) is 30.6 Å². The van der Waals surface area contributed by atoms with E-state index in [0.717, 1.165) is 18.4 Å². The van der Waals surface area contributed by atoms with Crippen molar-refractivity contribution in [3.05, 3.63) is 102 Å². The first kappa shape index (κ1) is 24.7. The maximum atomic E-state index is 12.3. The van der Waals surface area contributed by atoms with Gasteiger partial charge in [-0.05, 0) is 54.7 Å². The van der Waals surface area contributed by atoms with Crippen LogP contribution >= 0.6 is 0 Å². The van der Waals surface area contributed by atoms with Gasteiger partial charge in [0.2, 0.25) is 5.91 Å². The van der Waals surface area contributed by atoms with Gasteiger partial charge in [-0.1, -0.05) is 60.7 Å². The van der Waals surface area contributed by atoms with Crippen molar-refractivity contribution in [1.82, 2.24) is 5.32 Å². The second-order valence-corrected chi connectivity index (χ2v) is 7.96. The van der Waals surface area contributed by atoms with Crippen LogP contribution in [0.2, 0.25) is 0 Å². The first-order chi connectivity index (χ1) is 16.6. The third-order valence-electron chi connectivity index (χ3n) is 5.23. The van der Waals surface area contributed by atoms with Crippen LogP contribution in [-0.2, 0) is 27.3 Å². The van der Waals surface area contributed by atoms with Crippen LogP contribution in [0.4, 0.5) is 5.69 Å². The lowest BCUT2D eigenvalue weighted by Gasteiger charge is -2.08. The van der Waals surface area contributed by atoms with Crippen LogP contribution in [0.15, 0.2) is 84.9 Å². The topological polar surface area (TPSA) is 84.5 Å². The quantitative estimate of drug-likeness (QED) is 0.299. The summed E-state index contributed by atoms with van der Waals surface area (Å²) in [6.45, 7) is 0.832. The Bertz CT molecular complexity index is 1050. The number of anilines is 1. The van der Waals surface area contributed by atoms with E-state index in [1.165, 1.54) is 5.56 Å². The SMILES string of the molecule is O=C(CCCC(=O)OCCCc1ccccc1)Nc1ccc(C(=O)NCc2ccccc2)cc1. The zero-order chi connectivity index (χ0) is 24.0. The molecule has 34 heavy (non-hydrogen) atoms. The van der Waals surface area contributed by atoms with Crippen molar-refractivity contribution in [3.8, 4) is 0 Å². The summed E-state index contributed by atoms with van der Waals surface area (Å²) in [5, 5.41) is 5.66. The van der Waals surface area contributed by atoms with E-state index in [2.05, 4.69) is 22.8 Å². The third kappa shape index (κ3) is 8.90. The molecule has 3 rings (SSSR count). The number of nitrogens with one attached hydrogen (secondary N) is 2. The molecule has 3 aromatic rings. The monoisotopic (exact) mass is 458 g/mol. The van der Waals surface area contributed by atoms with Crippen LogP contribution in [-0.4, -0.2) is 24.4 Å². The lowest BCUT2D eigenvalue weighted by atomic mass is 10.1. The molecule has 0 bridgehead atoms. The van der Waals surface area contributed by atoms with E-state index in [-0.39, 0.29) is 30.6 Å². The average Bonchev–Trinajstić information content (AvgIpc) is 2.87. The summed E-state index contributed by atoms with van der Waals surface area (Å²) in [7, 11) is 0. The predicted octanol–water partition coefficient (Wildman–Crippen LogP) is 4.90. The van der Waals surface area contributed by atoms with Crippen LogP contribution in [0.5, 0.6) is 0 Å². The third-order valence-corrected chi connectivity index (χ3v) is 5.23. The van der Waals surface area contributed by atoms with E-state index < -0.39 is 0 Å². The molecule has 0 heterocycles. The summed E-state index contributed by atoms with van der Waals surface area (Å²) < 4.78 is 5.24. The normalized spacial score (nSPS) is 10.4. The lowest BCUT2D eigenvalue weighted by Crippen LogP contribution is -2.22. The molecule has 0 aliphatic rings. The molecule has 0 aliphatic carbocycles. The summed E-state index contributed by atoms with van der Waals surface area (Å²) in [6.07, 6.45) is 2.49. The summed E-state index contributed by atoms with van der Waals surface area (Å²) in [4.78, 5) is 36.3. The smallest absolute Gasteiger partial charge is 0.305 e. The second kappa shape index (κ2) is 13.6. The summed E-state index contributed by atoms with van der Waals surface area (Å²) in [5.74, 6) is -0.645. The van der Waals surface area contributed by atoms with Crippen molar-refractivity contribution in [1.29, 1.82) is 0 Å². The molecule has 0 spiro atoms. The maximum Gasteiger partial charge on any atom is 0.305 e. The van der Waals surface area contributed by atoms with Crippen molar-refractivity contribution in [3.63, 3.8) is 0 Å². The van der Waals surface area contributed by atoms with E-state index in [1.54, 1.807) is 24.3 Å². The van der Waals surface area contributed by atoms with Crippen LogP contribution in [0.25, 0.3) is 0 Å². The van der Waals surface area contributed by atoms with Crippen molar-refractivity contribution < 1.29 is 19.1 Å². The number of aryl methyl sites for hydroxylation is 1. The summed E-state index contributed by atoms with van der Waals surface area (Å²) in [6, 6.07) is 26.5. The molecule has 0 saturated carbocycles. The number of carbonyl (C=O) groups excluding carboxylic acids is 3. The Morgan fingerprint density at radius 3 is 2.03 bits per heavy atom. The van der Waals surface area contributed by atoms with Crippen molar-refractivity contribution in [2.45, 2.75) is 38.6 Å². The van der Waals surface area contributed by atoms with Crippen LogP contribution in [0.1, 0.15) is 47.2 Å². The van der Waals surface area contributed by atoms with Gasteiger partial charge < -0.3 is 15.4 Å². The fraction of sp³-hybridized carbons (Fsp3) is 0.250. The van der Waals surface area contributed by atoms with Crippen molar-refractivity contribution >= 4 is 23.5 Å². The molecule has 176 valence electrons. The molecule has 0 fully saturated rings. The number of ether oxygens (including phenoxy) is 1. The molecule has 0 aromatic heterocycles. The van der Waals surface area contributed by atoms with Gasteiger partial charge in [-0.25, -0.2) is 0 Å². The van der Waals surface area contributed by atoms with E-state index >= 15 is 0 Å². The summed E-state index contributed by atoms with van der Waals surface area (Å²) >= 11 is 0. The Labute approximate surface area is 200 Å². The van der Waals surface area contributed by atoms with Gasteiger partial charge in [0.05, 0.1) is 6.61 Å². The number of rotatable bonds is 12. The maximum absolute atomic E-state index is 12.3. The number of esters is 1. The van der Waals surface area contributed by atoms with Gasteiger partial charge >= 0.3 is 5.97 Å². The number of amides is 2. The highest BCUT2D eigenvalue weighted by molar-refractivity contribution is 5.95. The molecule has 6 heteroatoms. The van der Waals surface area contributed by atoms with Crippen LogP contribution in [0, 0.1) is 0 Å². The molecule has 2 amide bonds. The first-order valence-electron chi connectivity index (χ1n) is 11.5. The zero-order valence-corrected chi connectivity index (χ0v) is 19.2. The van der Waals surface area contributed by atoms with Crippen LogP contribution in [0.3, 0.4) is 0 Å². The van der Waals surface area contributed by atoms with Gasteiger partial charge in [0.1, 0.15) is 0 Å². The number of hydrogen-bond donors (Lipinski definition) is 2. The van der Waals surface area contributed by atoms with Gasteiger partial charge in [-0.3, -0.25) is 14.4 Å². The Hall–Kier alpha value is -3.93. The summed E-state index contributed by atoms with van der Waals surface area (Å²) in [5.41, 5.74) is 3.36. The van der Waals surface area contributed by atoms with Gasteiger partial charge in [0.25, 0.3) is 5.91 Å². The first-order valence-corrected chi connectivity index (χ1v) is 11.5. The molecule has 0 radical (unpaired) electrons. The van der Waals surface area contributed by atoms with E-state index in [4.69, 9.17) is 4.74 Å². The molecular formula is C28H30N2O4. The minimum atomic E-state index is -0.285. The van der Waals surface area contributed by atoms with E-state index in [9.17, 15) is 14.4 Å². The Morgan fingerprint density at radius 1 is 0.706 bits per heavy atom. The molecule has 0 aliphatic heterocycles. The molecule has 6 nitrogen and oxygen atoms in total. The molecule has 0 saturated heterocycles. The molecular weight excluding hydrogens is 428 g/mol. The molecule has 3 aromatic carbocycles. The highest BCUT2D eigenvalue weighted by Crippen LogP contribution is 2.11. The fourth-order valence-corrected chi connectivity index (χ4v) is 3.38. The Morgan fingerprint density at radius 2 is 1.35 bits per heavy atom. The van der Waals surface area contributed by atoms with Crippen LogP contribution < -0.4 is 10.6 Å². The van der Waals surface area contributed by atoms with Crippen molar-refractivity contribution in [2.24, 2.45) is 0 Å². The number of carbonyl (C=O) groups is 3. The highest BCUT2D eigenvalue weighted by atomic mass is 16.5. The van der Waals surface area contributed by atoms with Gasteiger partial charge in [-0.2, -0.15) is 0 Å². The minimum Gasteiger partial charge on any atom is -0.466 e. The second-order valence-electron chi connectivity index (χ2n) is 7.96.